The Morgan fingerprint density at radius 2 is 1.49 bits per heavy atom. The summed E-state index contributed by atoms with van der Waals surface area (Å²) >= 11 is 0. The van der Waals surface area contributed by atoms with E-state index < -0.39 is 30.0 Å². The van der Waals surface area contributed by atoms with Crippen molar-refractivity contribution in [3.05, 3.63) is 120 Å². The molecule has 176 valence electrons. The van der Waals surface area contributed by atoms with Crippen LogP contribution in [0.1, 0.15) is 16.7 Å². The normalized spacial score (nSPS) is 23.8. The molecule has 0 aromatic heterocycles. The Morgan fingerprint density at radius 3 is 1.94 bits per heavy atom. The number of ether oxygens (including phenoxy) is 2. The van der Waals surface area contributed by atoms with Gasteiger partial charge in [-0.25, -0.2) is 4.99 Å². The Hall–Kier alpha value is -3.69. The summed E-state index contributed by atoms with van der Waals surface area (Å²) in [5, 5.41) is 11.0. The van der Waals surface area contributed by atoms with Gasteiger partial charge in [0.25, 0.3) is 0 Å². The number of hydrogen-bond acceptors (Lipinski definition) is 5. The van der Waals surface area contributed by atoms with Crippen molar-refractivity contribution < 1.29 is 14.6 Å². The lowest BCUT2D eigenvalue weighted by Gasteiger charge is -2.37. The van der Waals surface area contributed by atoms with E-state index in [9.17, 15) is 5.11 Å². The Bertz CT molecular complexity index is 1110. The van der Waals surface area contributed by atoms with Gasteiger partial charge in [0.15, 0.2) is 6.23 Å². The van der Waals surface area contributed by atoms with Crippen LogP contribution < -0.4 is 0 Å². The first-order valence-electron chi connectivity index (χ1n) is 11.8. The molecule has 0 radical (unpaired) electrons. The molecule has 35 heavy (non-hydrogen) atoms. The highest BCUT2D eigenvalue weighted by atomic mass is 16.6. The number of aliphatic hydroxyl groups excluding tert-OH is 1. The minimum Gasteiger partial charge on any atom is -0.387 e. The van der Waals surface area contributed by atoms with E-state index in [4.69, 9.17) is 15.9 Å². The summed E-state index contributed by atoms with van der Waals surface area (Å²) in [5.41, 5.74) is 2.11. The van der Waals surface area contributed by atoms with Gasteiger partial charge in [-0.05, 0) is 22.8 Å². The Kier molecular flexibility index (Phi) is 6.78. The summed E-state index contributed by atoms with van der Waals surface area (Å²) in [6, 6.07) is 30.5. The van der Waals surface area contributed by atoms with Crippen LogP contribution in [0.25, 0.3) is 0 Å². The van der Waals surface area contributed by atoms with Crippen molar-refractivity contribution in [2.75, 3.05) is 13.2 Å². The highest BCUT2D eigenvalue weighted by Crippen LogP contribution is 2.41. The zero-order valence-corrected chi connectivity index (χ0v) is 19.4. The fourth-order valence-corrected chi connectivity index (χ4v) is 4.91. The van der Waals surface area contributed by atoms with E-state index in [1.807, 2.05) is 65.6 Å². The predicted molar refractivity (Wildman–Crippen MR) is 136 cm³/mol. The van der Waals surface area contributed by atoms with Crippen LogP contribution in [0, 0.1) is 18.3 Å². The van der Waals surface area contributed by atoms with Crippen molar-refractivity contribution in [1.29, 1.82) is 0 Å². The highest BCUT2D eigenvalue weighted by Gasteiger charge is 2.47. The van der Waals surface area contributed by atoms with Gasteiger partial charge >= 0.3 is 0 Å². The molecular formula is C30H28N2O3. The van der Waals surface area contributed by atoms with Gasteiger partial charge in [0.1, 0.15) is 17.8 Å². The first-order chi connectivity index (χ1) is 17.2. The van der Waals surface area contributed by atoms with Crippen LogP contribution in [0.15, 0.2) is 108 Å². The van der Waals surface area contributed by atoms with E-state index in [2.05, 4.69) is 47.3 Å². The molecule has 3 aromatic carbocycles. The van der Waals surface area contributed by atoms with Crippen molar-refractivity contribution in [3.8, 4) is 12.3 Å². The van der Waals surface area contributed by atoms with E-state index in [0.717, 1.165) is 16.7 Å². The average Bonchev–Trinajstić information content (AvgIpc) is 3.26. The predicted octanol–water partition coefficient (Wildman–Crippen LogP) is 4.19. The summed E-state index contributed by atoms with van der Waals surface area (Å²) in [7, 11) is 0. The third-order valence-corrected chi connectivity index (χ3v) is 6.62. The first-order valence-corrected chi connectivity index (χ1v) is 11.8. The van der Waals surface area contributed by atoms with Gasteiger partial charge in [-0.3, -0.25) is 0 Å². The van der Waals surface area contributed by atoms with E-state index >= 15 is 0 Å². The number of benzene rings is 3. The summed E-state index contributed by atoms with van der Waals surface area (Å²) in [6.07, 6.45) is 9.25. The number of aliphatic hydroxyl groups is 1. The average molecular weight is 465 g/mol. The molecule has 0 spiro atoms. The van der Waals surface area contributed by atoms with Crippen LogP contribution in [0.3, 0.4) is 0 Å². The van der Waals surface area contributed by atoms with E-state index in [1.165, 1.54) is 0 Å². The number of terminal acetylenes is 1. The largest absolute Gasteiger partial charge is 0.387 e. The van der Waals surface area contributed by atoms with Gasteiger partial charge in [-0.2, -0.15) is 0 Å². The van der Waals surface area contributed by atoms with Crippen molar-refractivity contribution in [1.82, 2.24) is 4.90 Å². The standard InChI is InChI=1S/C30H28N2O3/c1-2-26-27(35-29(28(26)33)32-20-12-19-31-22-32)21-34-30(23-13-6-3-7-14-23,24-15-8-4-9-16-24)25-17-10-5-11-18-25/h1,3-19,22,26-29,33H,20-21H2/t26-,27-,28+,29?/m1/s1. The molecule has 3 aromatic rings. The van der Waals surface area contributed by atoms with Crippen LogP contribution in [0.2, 0.25) is 0 Å². The monoisotopic (exact) mass is 464 g/mol. The zero-order valence-electron chi connectivity index (χ0n) is 19.4. The van der Waals surface area contributed by atoms with Crippen molar-refractivity contribution >= 4 is 6.34 Å². The lowest BCUT2D eigenvalue weighted by molar-refractivity contribution is -0.0956. The van der Waals surface area contributed by atoms with Crippen molar-refractivity contribution in [2.45, 2.75) is 24.0 Å². The molecule has 1 N–H and O–H groups in total. The van der Waals surface area contributed by atoms with Gasteiger partial charge in [0.05, 0.1) is 18.9 Å². The third kappa shape index (κ3) is 4.40. The maximum Gasteiger partial charge on any atom is 0.159 e. The molecule has 4 atom stereocenters. The van der Waals surface area contributed by atoms with Gasteiger partial charge in [-0.1, -0.05) is 96.9 Å². The summed E-state index contributed by atoms with van der Waals surface area (Å²) in [6.45, 7) is 0.792. The van der Waals surface area contributed by atoms with E-state index in [0.29, 0.717) is 6.54 Å². The van der Waals surface area contributed by atoms with E-state index in [-0.39, 0.29) is 6.61 Å². The molecule has 2 aliphatic heterocycles. The molecule has 0 saturated carbocycles. The molecule has 5 nitrogen and oxygen atoms in total. The molecule has 1 saturated heterocycles. The van der Waals surface area contributed by atoms with Crippen LogP contribution in [0.5, 0.6) is 0 Å². The minimum atomic E-state index is -0.884. The molecule has 0 amide bonds. The van der Waals surface area contributed by atoms with Gasteiger partial charge in [0, 0.05) is 12.7 Å². The van der Waals surface area contributed by atoms with Crippen LogP contribution in [-0.2, 0) is 15.1 Å². The first kappa shape index (κ1) is 23.1. The molecule has 5 rings (SSSR count). The fourth-order valence-electron chi connectivity index (χ4n) is 4.91. The zero-order chi connectivity index (χ0) is 24.1. The second-order valence-corrected chi connectivity index (χ2v) is 8.68. The van der Waals surface area contributed by atoms with Crippen LogP contribution in [-0.4, -0.2) is 47.9 Å². The third-order valence-electron chi connectivity index (χ3n) is 6.62. The van der Waals surface area contributed by atoms with E-state index in [1.54, 1.807) is 12.5 Å². The van der Waals surface area contributed by atoms with Crippen LogP contribution in [0.4, 0.5) is 0 Å². The highest BCUT2D eigenvalue weighted by molar-refractivity contribution is 5.58. The van der Waals surface area contributed by atoms with Gasteiger partial charge in [-0.15, -0.1) is 6.42 Å². The molecular weight excluding hydrogens is 436 g/mol. The Morgan fingerprint density at radius 1 is 0.943 bits per heavy atom. The van der Waals surface area contributed by atoms with Gasteiger partial charge < -0.3 is 19.5 Å². The lowest BCUT2D eigenvalue weighted by Crippen LogP contribution is -2.42. The van der Waals surface area contributed by atoms with Crippen molar-refractivity contribution in [2.24, 2.45) is 10.9 Å². The summed E-state index contributed by atoms with van der Waals surface area (Å²) < 4.78 is 13.2. The molecule has 1 unspecified atom stereocenters. The van der Waals surface area contributed by atoms with Crippen molar-refractivity contribution in [3.63, 3.8) is 0 Å². The maximum atomic E-state index is 11.0. The quantitative estimate of drug-likeness (QED) is 0.421. The Labute approximate surface area is 206 Å². The molecule has 2 aliphatic rings. The maximum absolute atomic E-state index is 11.0. The molecule has 5 heteroatoms. The molecule has 1 fully saturated rings. The van der Waals surface area contributed by atoms with Gasteiger partial charge in [0.2, 0.25) is 0 Å². The number of rotatable bonds is 7. The second kappa shape index (κ2) is 10.3. The Balaban J connectivity index is 1.52. The molecule has 0 aliphatic carbocycles. The molecule has 2 heterocycles. The molecule has 0 bridgehead atoms. The fraction of sp³-hybridized carbons (Fsp3) is 0.233. The SMILES string of the molecule is C#C[C@H]1[C@H](O)C(N2C=NC=CC2)O[C@@H]1COC(c1ccccc1)(c1ccccc1)c1ccccc1. The number of hydrogen-bond donors (Lipinski definition) is 1. The lowest BCUT2D eigenvalue weighted by atomic mass is 9.80. The topological polar surface area (TPSA) is 54.3 Å². The number of aliphatic imine (C=N–C) groups is 1. The smallest absolute Gasteiger partial charge is 0.159 e. The minimum absolute atomic E-state index is 0.196. The second-order valence-electron chi connectivity index (χ2n) is 8.68. The van der Waals surface area contributed by atoms with Crippen LogP contribution >= 0.6 is 0 Å². The number of nitrogens with zero attached hydrogens (tertiary/aromatic N) is 2. The summed E-state index contributed by atoms with van der Waals surface area (Å²) in [5.74, 6) is 2.23. The summed E-state index contributed by atoms with van der Waals surface area (Å²) in [4.78, 5) is 6.02.